The molecule has 2 N–H and O–H groups in total. The third-order valence-electron chi connectivity index (χ3n) is 3.60. The molecule has 0 bridgehead atoms. The number of guanidine groups is 1. The molecule has 118 valence electrons. The zero-order chi connectivity index (χ0) is 15.4. The number of nitrogens with one attached hydrogen (secondary N) is 2. The summed E-state index contributed by atoms with van der Waals surface area (Å²) < 4.78 is 10.7. The number of hydrogen-bond donors (Lipinski definition) is 2. The molecule has 1 heterocycles. The summed E-state index contributed by atoms with van der Waals surface area (Å²) in [7, 11) is 0. The lowest BCUT2D eigenvalue weighted by molar-refractivity contribution is 0.174. The fourth-order valence-electron chi connectivity index (χ4n) is 2.53. The molecule has 1 aliphatic carbocycles. The molecule has 0 atom stereocenters. The Bertz CT molecular complexity index is 593. The lowest BCUT2D eigenvalue weighted by Gasteiger charge is -2.16. The van der Waals surface area contributed by atoms with E-state index in [0.29, 0.717) is 29.1 Å². The third-order valence-corrected chi connectivity index (χ3v) is 3.88. The minimum atomic E-state index is 0.223. The van der Waals surface area contributed by atoms with Gasteiger partial charge in [-0.25, -0.2) is 4.99 Å². The van der Waals surface area contributed by atoms with Crippen LogP contribution in [0, 0.1) is 0 Å². The second-order valence-corrected chi connectivity index (χ2v) is 5.70. The predicted octanol–water partition coefficient (Wildman–Crippen LogP) is 2.84. The maximum absolute atomic E-state index is 6.20. The van der Waals surface area contributed by atoms with E-state index >= 15 is 0 Å². The smallest absolute Gasteiger partial charge is 0.231 e. The van der Waals surface area contributed by atoms with E-state index in [0.717, 1.165) is 30.9 Å². The van der Waals surface area contributed by atoms with Gasteiger partial charge >= 0.3 is 0 Å². The molecule has 0 fully saturated rings. The number of rotatable bonds is 4. The number of benzene rings is 1. The normalized spacial score (nSPS) is 17.1. The Balaban J connectivity index is 1.68. The van der Waals surface area contributed by atoms with Gasteiger partial charge in [0, 0.05) is 12.6 Å². The monoisotopic (exact) mass is 321 g/mol. The van der Waals surface area contributed by atoms with Gasteiger partial charge in [0.2, 0.25) is 6.79 Å². The van der Waals surface area contributed by atoms with Gasteiger partial charge < -0.3 is 20.1 Å². The van der Waals surface area contributed by atoms with Crippen LogP contribution in [0.5, 0.6) is 11.5 Å². The van der Waals surface area contributed by atoms with E-state index in [9.17, 15) is 0 Å². The van der Waals surface area contributed by atoms with Crippen molar-refractivity contribution >= 4 is 17.6 Å². The van der Waals surface area contributed by atoms with Crippen LogP contribution >= 0.6 is 11.6 Å². The maximum Gasteiger partial charge on any atom is 0.231 e. The van der Waals surface area contributed by atoms with Crippen LogP contribution in [-0.2, 0) is 6.54 Å². The summed E-state index contributed by atoms with van der Waals surface area (Å²) in [5.41, 5.74) is 0.996. The topological polar surface area (TPSA) is 54.9 Å². The van der Waals surface area contributed by atoms with Crippen molar-refractivity contribution in [2.75, 3.05) is 13.3 Å². The van der Waals surface area contributed by atoms with Gasteiger partial charge in [0.15, 0.2) is 17.5 Å². The van der Waals surface area contributed by atoms with Crippen molar-refractivity contribution in [1.82, 2.24) is 10.6 Å². The Morgan fingerprint density at radius 1 is 1.32 bits per heavy atom. The molecular formula is C16H20ClN3O2. The molecule has 0 aromatic heterocycles. The number of aliphatic imine (C=N–C) groups is 1. The second kappa shape index (κ2) is 6.92. The highest BCUT2D eigenvalue weighted by Gasteiger charge is 2.18. The molecule has 0 spiro atoms. The first-order chi connectivity index (χ1) is 10.8. The molecule has 0 amide bonds. The highest BCUT2D eigenvalue weighted by atomic mass is 35.5. The molecule has 6 heteroatoms. The van der Waals surface area contributed by atoms with E-state index in [1.165, 1.54) is 0 Å². The summed E-state index contributed by atoms with van der Waals surface area (Å²) in [6.45, 7) is 3.64. The molecule has 5 nitrogen and oxygen atoms in total. The van der Waals surface area contributed by atoms with Crippen molar-refractivity contribution in [2.24, 2.45) is 4.99 Å². The fraction of sp³-hybridized carbons (Fsp3) is 0.438. The van der Waals surface area contributed by atoms with E-state index < -0.39 is 0 Å². The highest BCUT2D eigenvalue weighted by molar-refractivity contribution is 6.32. The van der Waals surface area contributed by atoms with E-state index in [1.807, 2.05) is 12.1 Å². The standard InChI is InChI=1S/C16H20ClN3O2/c1-2-18-16(20-12-5-3-4-6-12)19-9-11-7-13(17)15-14(8-11)21-10-22-15/h3-4,7-8,12H,2,5-6,9-10H2,1H3,(H2,18,19,20). The molecule has 0 saturated heterocycles. The first-order valence-corrected chi connectivity index (χ1v) is 7.92. The summed E-state index contributed by atoms with van der Waals surface area (Å²) >= 11 is 6.20. The molecule has 0 radical (unpaired) electrons. The summed E-state index contributed by atoms with van der Waals surface area (Å²) in [6, 6.07) is 4.23. The van der Waals surface area contributed by atoms with E-state index in [-0.39, 0.29) is 6.79 Å². The molecule has 1 aromatic carbocycles. The van der Waals surface area contributed by atoms with Crippen LogP contribution < -0.4 is 20.1 Å². The Kier molecular flexibility index (Phi) is 4.73. The average Bonchev–Trinajstić information content (AvgIpc) is 3.16. The van der Waals surface area contributed by atoms with Crippen molar-refractivity contribution < 1.29 is 9.47 Å². The lowest BCUT2D eigenvalue weighted by atomic mass is 10.2. The third kappa shape index (κ3) is 3.47. The number of ether oxygens (including phenoxy) is 2. The number of halogens is 1. The molecule has 2 aliphatic rings. The highest BCUT2D eigenvalue weighted by Crippen LogP contribution is 2.39. The zero-order valence-corrected chi connectivity index (χ0v) is 13.3. The molecule has 1 aromatic rings. The first-order valence-electron chi connectivity index (χ1n) is 7.54. The Morgan fingerprint density at radius 2 is 2.14 bits per heavy atom. The van der Waals surface area contributed by atoms with Gasteiger partial charge in [-0.05, 0) is 37.5 Å². The van der Waals surface area contributed by atoms with Gasteiger partial charge in [-0.3, -0.25) is 0 Å². The minimum Gasteiger partial charge on any atom is -0.454 e. The first kappa shape index (κ1) is 15.0. The lowest BCUT2D eigenvalue weighted by Crippen LogP contribution is -2.42. The van der Waals surface area contributed by atoms with Gasteiger partial charge in [0.05, 0.1) is 11.6 Å². The van der Waals surface area contributed by atoms with Crippen molar-refractivity contribution in [3.05, 3.63) is 34.9 Å². The Hall–Kier alpha value is -1.88. The van der Waals surface area contributed by atoms with Crippen molar-refractivity contribution in [1.29, 1.82) is 0 Å². The molecule has 22 heavy (non-hydrogen) atoms. The molecule has 3 rings (SSSR count). The van der Waals surface area contributed by atoms with Gasteiger partial charge in [-0.15, -0.1) is 0 Å². The quantitative estimate of drug-likeness (QED) is 0.508. The van der Waals surface area contributed by atoms with Crippen LogP contribution in [0.15, 0.2) is 29.3 Å². The van der Waals surface area contributed by atoms with Gasteiger partial charge in [0.1, 0.15) is 0 Å². The van der Waals surface area contributed by atoms with Crippen LogP contribution in [0.25, 0.3) is 0 Å². The van der Waals surface area contributed by atoms with Gasteiger partial charge in [-0.1, -0.05) is 23.8 Å². The summed E-state index contributed by atoms with van der Waals surface area (Å²) in [5.74, 6) is 2.14. The van der Waals surface area contributed by atoms with E-state index in [4.69, 9.17) is 21.1 Å². The fourth-order valence-corrected chi connectivity index (χ4v) is 2.82. The molecule has 0 saturated carbocycles. The Morgan fingerprint density at radius 3 is 2.91 bits per heavy atom. The Labute approximate surface area is 135 Å². The van der Waals surface area contributed by atoms with Crippen LogP contribution in [0.1, 0.15) is 25.3 Å². The van der Waals surface area contributed by atoms with Crippen LogP contribution in [-0.4, -0.2) is 25.3 Å². The number of nitrogens with zero attached hydrogens (tertiary/aromatic N) is 1. The van der Waals surface area contributed by atoms with Crippen LogP contribution in [0.3, 0.4) is 0 Å². The maximum atomic E-state index is 6.20. The average molecular weight is 322 g/mol. The largest absolute Gasteiger partial charge is 0.454 e. The summed E-state index contributed by atoms with van der Waals surface area (Å²) in [5, 5.41) is 7.28. The predicted molar refractivity (Wildman–Crippen MR) is 87.7 cm³/mol. The SMILES string of the molecule is CCNC(=NCc1cc(Cl)c2c(c1)OCO2)NC1CC=CC1. The summed E-state index contributed by atoms with van der Waals surface area (Å²) in [4.78, 5) is 4.63. The van der Waals surface area contributed by atoms with Gasteiger partial charge in [-0.2, -0.15) is 0 Å². The van der Waals surface area contributed by atoms with Gasteiger partial charge in [0.25, 0.3) is 0 Å². The van der Waals surface area contributed by atoms with Crippen molar-refractivity contribution in [2.45, 2.75) is 32.4 Å². The molecule has 0 unspecified atom stereocenters. The van der Waals surface area contributed by atoms with Crippen LogP contribution in [0.2, 0.25) is 5.02 Å². The van der Waals surface area contributed by atoms with E-state index in [2.05, 4.69) is 34.7 Å². The molecule has 1 aliphatic heterocycles. The number of fused-ring (bicyclic) bond motifs is 1. The van der Waals surface area contributed by atoms with E-state index in [1.54, 1.807) is 0 Å². The molecular weight excluding hydrogens is 302 g/mol. The van der Waals surface area contributed by atoms with Crippen molar-refractivity contribution in [3.63, 3.8) is 0 Å². The van der Waals surface area contributed by atoms with Crippen LogP contribution in [0.4, 0.5) is 0 Å². The minimum absolute atomic E-state index is 0.223. The van der Waals surface area contributed by atoms with Crippen molar-refractivity contribution in [3.8, 4) is 11.5 Å². The number of hydrogen-bond acceptors (Lipinski definition) is 3. The summed E-state index contributed by atoms with van der Waals surface area (Å²) in [6.07, 6.45) is 6.47. The zero-order valence-electron chi connectivity index (χ0n) is 12.6. The second-order valence-electron chi connectivity index (χ2n) is 5.29.